The highest BCUT2D eigenvalue weighted by atomic mass is 16.4. The van der Waals surface area contributed by atoms with Crippen LogP contribution in [0.1, 0.15) is 18.4 Å². The van der Waals surface area contributed by atoms with Crippen LogP contribution in [-0.2, 0) is 25.6 Å². The smallest absolute Gasteiger partial charge is 0.326 e. The molecule has 0 radical (unpaired) electrons. The van der Waals surface area contributed by atoms with Crippen molar-refractivity contribution >= 4 is 29.7 Å². The number of carbonyl (C=O) groups excluding carboxylic acids is 3. The van der Waals surface area contributed by atoms with Crippen molar-refractivity contribution in [3.8, 4) is 5.75 Å². The molecule has 32 heavy (non-hydrogen) atoms. The Morgan fingerprint density at radius 3 is 2.22 bits per heavy atom. The van der Waals surface area contributed by atoms with Crippen LogP contribution >= 0.6 is 0 Å². The number of phenols is 1. The fourth-order valence-corrected chi connectivity index (χ4v) is 2.61. The van der Waals surface area contributed by atoms with E-state index in [0.717, 1.165) is 0 Å². The third kappa shape index (κ3) is 10.2. The summed E-state index contributed by atoms with van der Waals surface area (Å²) in [7, 11) is 0. The van der Waals surface area contributed by atoms with E-state index < -0.39 is 42.3 Å². The Bertz CT molecular complexity index is 824. The Morgan fingerprint density at radius 1 is 1.00 bits per heavy atom. The summed E-state index contributed by atoms with van der Waals surface area (Å²) < 4.78 is 0. The first-order valence-corrected chi connectivity index (χ1v) is 9.75. The quantitative estimate of drug-likeness (QED) is 0.0871. The molecule has 3 amide bonds. The van der Waals surface area contributed by atoms with E-state index in [-0.39, 0.29) is 37.6 Å². The van der Waals surface area contributed by atoms with E-state index in [1.807, 2.05) is 0 Å². The predicted molar refractivity (Wildman–Crippen MR) is 115 cm³/mol. The summed E-state index contributed by atoms with van der Waals surface area (Å²) in [4.78, 5) is 51.5. The molecule has 0 spiro atoms. The lowest BCUT2D eigenvalue weighted by Crippen LogP contribution is -2.54. The highest BCUT2D eigenvalue weighted by Gasteiger charge is 2.26. The minimum Gasteiger partial charge on any atom is -0.508 e. The number of carboxylic acid groups (broad SMARTS) is 1. The van der Waals surface area contributed by atoms with Gasteiger partial charge in [-0.2, -0.15) is 0 Å². The van der Waals surface area contributed by atoms with Gasteiger partial charge in [0.25, 0.3) is 0 Å². The zero-order chi connectivity index (χ0) is 24.1. The number of nitrogens with zero attached hydrogens (tertiary/aromatic N) is 1. The fraction of sp³-hybridized carbons (Fsp3) is 0.421. The van der Waals surface area contributed by atoms with Crippen LogP contribution in [0.5, 0.6) is 5.75 Å². The molecular weight excluding hydrogens is 422 g/mol. The Hall–Kier alpha value is -3.87. The van der Waals surface area contributed by atoms with E-state index >= 15 is 0 Å². The minimum absolute atomic E-state index is 0.0169. The van der Waals surface area contributed by atoms with Crippen LogP contribution in [0.25, 0.3) is 0 Å². The van der Waals surface area contributed by atoms with Crippen LogP contribution in [0, 0.1) is 0 Å². The number of benzene rings is 1. The van der Waals surface area contributed by atoms with Gasteiger partial charge in [-0.15, -0.1) is 0 Å². The maximum Gasteiger partial charge on any atom is 0.326 e. The third-order valence-corrected chi connectivity index (χ3v) is 4.22. The van der Waals surface area contributed by atoms with Crippen LogP contribution in [0.2, 0.25) is 0 Å². The van der Waals surface area contributed by atoms with E-state index in [9.17, 15) is 29.4 Å². The second kappa shape index (κ2) is 13.4. The molecule has 0 aromatic heterocycles. The second-order valence-electron chi connectivity index (χ2n) is 6.82. The molecule has 11 N–H and O–H groups in total. The van der Waals surface area contributed by atoms with Gasteiger partial charge in [0.15, 0.2) is 5.96 Å². The highest BCUT2D eigenvalue weighted by molar-refractivity contribution is 5.92. The molecule has 176 valence electrons. The molecule has 0 unspecified atom stereocenters. The van der Waals surface area contributed by atoms with Crippen LogP contribution in [0.15, 0.2) is 29.3 Å². The van der Waals surface area contributed by atoms with Crippen molar-refractivity contribution in [2.75, 3.05) is 19.6 Å². The summed E-state index contributed by atoms with van der Waals surface area (Å²) in [5.74, 6) is -3.30. The number of hydrogen-bond donors (Lipinski definition) is 8. The van der Waals surface area contributed by atoms with E-state index in [0.29, 0.717) is 12.0 Å². The Morgan fingerprint density at radius 2 is 1.66 bits per heavy atom. The molecule has 0 fully saturated rings. The maximum atomic E-state index is 12.8. The fourth-order valence-electron chi connectivity index (χ4n) is 2.61. The second-order valence-corrected chi connectivity index (χ2v) is 6.82. The number of carbonyl (C=O) groups is 4. The number of phenolic OH excluding ortho intramolecular Hbond substituents is 1. The zero-order valence-electron chi connectivity index (χ0n) is 17.4. The summed E-state index contributed by atoms with van der Waals surface area (Å²) >= 11 is 0. The van der Waals surface area contributed by atoms with Crippen molar-refractivity contribution in [1.82, 2.24) is 16.0 Å². The summed E-state index contributed by atoms with van der Waals surface area (Å²) in [5, 5.41) is 26.0. The number of nitrogens with one attached hydrogen (secondary N) is 3. The number of aliphatic carboxylic acids is 1. The molecule has 0 aliphatic carbocycles. The minimum atomic E-state index is -1.26. The molecule has 0 heterocycles. The van der Waals surface area contributed by atoms with Crippen LogP contribution in [0.4, 0.5) is 0 Å². The molecule has 0 saturated heterocycles. The number of carboxylic acids is 1. The van der Waals surface area contributed by atoms with E-state index in [1.54, 1.807) is 12.1 Å². The number of guanidine groups is 1. The normalized spacial score (nSPS) is 12.2. The first-order valence-electron chi connectivity index (χ1n) is 9.75. The highest BCUT2D eigenvalue weighted by Crippen LogP contribution is 2.12. The average Bonchev–Trinajstić information content (AvgIpc) is 2.74. The van der Waals surface area contributed by atoms with Crippen LogP contribution < -0.4 is 33.2 Å². The average molecular weight is 451 g/mol. The topological polar surface area (TPSA) is 235 Å². The molecule has 0 aliphatic heterocycles. The molecule has 0 bridgehead atoms. The van der Waals surface area contributed by atoms with Crippen LogP contribution in [-0.4, -0.2) is 71.6 Å². The Kier molecular flexibility index (Phi) is 11.0. The van der Waals surface area contributed by atoms with Crippen molar-refractivity contribution in [2.45, 2.75) is 31.3 Å². The lowest BCUT2D eigenvalue weighted by Gasteiger charge is -2.22. The molecule has 1 rings (SSSR count). The molecular formula is C19H29N7O6. The Balaban J connectivity index is 2.86. The molecule has 0 aliphatic rings. The Labute approximate surface area is 184 Å². The van der Waals surface area contributed by atoms with Crippen molar-refractivity contribution < 1.29 is 29.4 Å². The first-order chi connectivity index (χ1) is 15.1. The molecule has 13 nitrogen and oxygen atoms in total. The van der Waals surface area contributed by atoms with Gasteiger partial charge >= 0.3 is 5.97 Å². The summed E-state index contributed by atoms with van der Waals surface area (Å²) in [6.07, 6.45) is 0.378. The number of amides is 3. The van der Waals surface area contributed by atoms with Crippen molar-refractivity contribution in [1.29, 1.82) is 0 Å². The number of aliphatic imine (C=N–C) groups is 1. The lowest BCUT2D eigenvalue weighted by molar-refractivity contribution is -0.142. The maximum absolute atomic E-state index is 12.8. The van der Waals surface area contributed by atoms with Gasteiger partial charge in [0.1, 0.15) is 17.8 Å². The van der Waals surface area contributed by atoms with E-state index in [1.165, 1.54) is 12.1 Å². The van der Waals surface area contributed by atoms with Gasteiger partial charge in [-0.1, -0.05) is 12.1 Å². The number of hydrogen-bond acceptors (Lipinski definition) is 7. The van der Waals surface area contributed by atoms with Crippen LogP contribution in [0.3, 0.4) is 0 Å². The third-order valence-electron chi connectivity index (χ3n) is 4.22. The molecule has 13 heteroatoms. The molecule has 2 atom stereocenters. The first kappa shape index (κ1) is 26.2. The molecule has 1 aromatic rings. The van der Waals surface area contributed by atoms with Crippen molar-refractivity contribution in [3.05, 3.63) is 29.8 Å². The van der Waals surface area contributed by atoms with E-state index in [2.05, 4.69) is 20.9 Å². The van der Waals surface area contributed by atoms with Gasteiger partial charge in [-0.05, 0) is 30.5 Å². The number of nitrogens with two attached hydrogens (primary N) is 3. The molecule has 1 aromatic carbocycles. The summed E-state index contributed by atoms with van der Waals surface area (Å²) in [5.41, 5.74) is 16.2. The van der Waals surface area contributed by atoms with Gasteiger partial charge in [-0.3, -0.25) is 19.4 Å². The summed E-state index contributed by atoms with van der Waals surface area (Å²) in [6.45, 7) is -0.516. The monoisotopic (exact) mass is 451 g/mol. The SMILES string of the molecule is NCC(=O)NCC(=O)N[C@H](Cc1ccc(O)cc1)C(=O)N[C@@H](CCCN=C(N)N)C(=O)O. The van der Waals surface area contributed by atoms with Gasteiger partial charge in [0, 0.05) is 13.0 Å². The largest absolute Gasteiger partial charge is 0.508 e. The van der Waals surface area contributed by atoms with Crippen molar-refractivity contribution in [2.24, 2.45) is 22.2 Å². The number of aromatic hydroxyl groups is 1. The van der Waals surface area contributed by atoms with Gasteiger partial charge in [0.05, 0.1) is 13.1 Å². The number of rotatable bonds is 13. The van der Waals surface area contributed by atoms with Crippen molar-refractivity contribution in [3.63, 3.8) is 0 Å². The van der Waals surface area contributed by atoms with Gasteiger partial charge in [0.2, 0.25) is 17.7 Å². The summed E-state index contributed by atoms with van der Waals surface area (Å²) in [6, 6.07) is 3.58. The zero-order valence-corrected chi connectivity index (χ0v) is 17.4. The molecule has 0 saturated carbocycles. The standard InChI is InChI=1S/C19H29N7O6/c20-9-15(28)24-10-16(29)25-14(8-11-3-5-12(27)6-4-11)17(30)26-13(18(31)32)2-1-7-23-19(21)22/h3-6,13-14,27H,1-2,7-10,20H2,(H,24,28)(H,25,29)(H,26,30)(H,31,32)(H4,21,22,23)/t13-,14+/m0/s1. The van der Waals surface area contributed by atoms with E-state index in [4.69, 9.17) is 17.2 Å². The van der Waals surface area contributed by atoms with Gasteiger partial charge in [-0.25, -0.2) is 4.79 Å². The predicted octanol–water partition coefficient (Wildman–Crippen LogP) is -2.88. The lowest BCUT2D eigenvalue weighted by atomic mass is 10.0. The van der Waals surface area contributed by atoms with Gasteiger partial charge < -0.3 is 43.4 Å².